The number of anilines is 1. The largest absolute Gasteiger partial charge is 0.502 e. The molecular formula is C23H20N2O5. The van der Waals surface area contributed by atoms with Gasteiger partial charge in [0.1, 0.15) is 0 Å². The fraction of sp³-hybridized carbons (Fsp3) is 0.217. The highest BCUT2D eigenvalue weighted by atomic mass is 16.6. The number of nitrogens with zero attached hydrogens (tertiary/aromatic N) is 2. The van der Waals surface area contributed by atoms with E-state index < -0.39 is 28.2 Å². The Hall–Kier alpha value is -3.74. The van der Waals surface area contributed by atoms with Crippen molar-refractivity contribution in [1.82, 2.24) is 0 Å². The van der Waals surface area contributed by atoms with E-state index in [9.17, 15) is 24.8 Å². The lowest BCUT2D eigenvalue weighted by Crippen LogP contribution is -2.40. The van der Waals surface area contributed by atoms with Crippen molar-refractivity contribution in [3.63, 3.8) is 0 Å². The lowest BCUT2D eigenvalue weighted by molar-refractivity contribution is -0.384. The molecule has 3 aromatic carbocycles. The monoisotopic (exact) mass is 404 g/mol. The van der Waals surface area contributed by atoms with Crippen molar-refractivity contribution >= 4 is 34.0 Å². The smallest absolute Gasteiger partial charge is 0.318 e. The molecule has 0 bridgehead atoms. The fourth-order valence-corrected chi connectivity index (χ4v) is 4.11. The molecule has 0 fully saturated rings. The molecule has 2 amide bonds. The molecule has 152 valence electrons. The first kappa shape index (κ1) is 19.6. The predicted octanol–water partition coefficient (Wildman–Crippen LogP) is 5.16. The van der Waals surface area contributed by atoms with Crippen LogP contribution in [0.25, 0.3) is 10.8 Å². The summed E-state index contributed by atoms with van der Waals surface area (Å²) in [7, 11) is 0. The topological polar surface area (TPSA) is 101 Å². The molecule has 4 rings (SSSR count). The zero-order valence-electron chi connectivity index (χ0n) is 16.6. The van der Waals surface area contributed by atoms with Crippen LogP contribution in [0.2, 0.25) is 0 Å². The summed E-state index contributed by atoms with van der Waals surface area (Å²) in [6.45, 7) is 4.25. The van der Waals surface area contributed by atoms with Gasteiger partial charge in [-0.05, 0) is 42.2 Å². The van der Waals surface area contributed by atoms with Gasteiger partial charge in [0, 0.05) is 17.0 Å². The summed E-state index contributed by atoms with van der Waals surface area (Å²) in [4.78, 5) is 38.1. The molecule has 0 saturated heterocycles. The van der Waals surface area contributed by atoms with Gasteiger partial charge in [0.05, 0.1) is 21.6 Å². The van der Waals surface area contributed by atoms with Crippen LogP contribution in [0.4, 0.5) is 11.4 Å². The number of hydrogen-bond donors (Lipinski definition) is 1. The van der Waals surface area contributed by atoms with E-state index in [4.69, 9.17) is 0 Å². The average Bonchev–Trinajstić information content (AvgIpc) is 2.72. The number of nitro groups is 1. The number of rotatable bonds is 5. The van der Waals surface area contributed by atoms with Crippen molar-refractivity contribution in [3.8, 4) is 5.75 Å². The standard InChI is InChI=1S/C23H20N2O5/c1-3-5-13(2)14-8-10-15(11-9-14)24-22(27)17-7-4-6-16-20(17)18(23(24)28)12-19(26)21(16)25(29)30/h4,6-13,26H,3,5H2,1-2H3. The molecule has 0 spiro atoms. The van der Waals surface area contributed by atoms with Crippen molar-refractivity contribution in [2.45, 2.75) is 32.6 Å². The normalized spacial score (nSPS) is 14.3. The summed E-state index contributed by atoms with van der Waals surface area (Å²) in [6.07, 6.45) is 2.09. The van der Waals surface area contributed by atoms with Crippen molar-refractivity contribution in [2.75, 3.05) is 4.90 Å². The van der Waals surface area contributed by atoms with Crippen LogP contribution in [0.1, 0.15) is 58.9 Å². The Morgan fingerprint density at radius 3 is 2.37 bits per heavy atom. The molecule has 0 saturated carbocycles. The highest BCUT2D eigenvalue weighted by Gasteiger charge is 2.37. The van der Waals surface area contributed by atoms with Gasteiger partial charge in [-0.3, -0.25) is 19.7 Å². The molecular weight excluding hydrogens is 384 g/mol. The van der Waals surface area contributed by atoms with Gasteiger partial charge in [-0.15, -0.1) is 0 Å². The van der Waals surface area contributed by atoms with Crippen molar-refractivity contribution in [2.24, 2.45) is 0 Å². The number of phenols is 1. The van der Waals surface area contributed by atoms with E-state index in [-0.39, 0.29) is 21.9 Å². The summed E-state index contributed by atoms with van der Waals surface area (Å²) < 4.78 is 0. The maximum atomic E-state index is 13.2. The van der Waals surface area contributed by atoms with Gasteiger partial charge in [0.15, 0.2) is 5.75 Å². The first-order chi connectivity index (χ1) is 14.3. The van der Waals surface area contributed by atoms with E-state index in [2.05, 4.69) is 13.8 Å². The number of carbonyl (C=O) groups is 2. The summed E-state index contributed by atoms with van der Waals surface area (Å²) in [5, 5.41) is 21.9. The summed E-state index contributed by atoms with van der Waals surface area (Å²) in [5.74, 6) is -1.41. The van der Waals surface area contributed by atoms with Gasteiger partial charge in [-0.2, -0.15) is 0 Å². The van der Waals surface area contributed by atoms with Gasteiger partial charge in [0.2, 0.25) is 0 Å². The molecule has 7 heteroatoms. The number of aromatic hydroxyl groups is 1. The Morgan fingerprint density at radius 1 is 1.07 bits per heavy atom. The highest BCUT2D eigenvalue weighted by Crippen LogP contribution is 2.42. The zero-order chi connectivity index (χ0) is 21.6. The minimum absolute atomic E-state index is 0.0618. The Labute approximate surface area is 172 Å². The molecule has 1 aliphatic rings. The van der Waals surface area contributed by atoms with Gasteiger partial charge in [-0.1, -0.05) is 38.5 Å². The summed E-state index contributed by atoms with van der Waals surface area (Å²) >= 11 is 0. The van der Waals surface area contributed by atoms with Crippen LogP contribution in [-0.2, 0) is 0 Å². The number of amides is 2. The molecule has 1 atom stereocenters. The number of nitro benzene ring substituents is 1. The van der Waals surface area contributed by atoms with E-state index in [0.717, 1.165) is 29.4 Å². The lowest BCUT2D eigenvalue weighted by atomic mass is 9.92. The molecule has 1 N–H and O–H groups in total. The Kier molecular flexibility index (Phi) is 4.73. The second-order valence-electron chi connectivity index (χ2n) is 7.50. The molecule has 0 aromatic heterocycles. The van der Waals surface area contributed by atoms with Gasteiger partial charge in [-0.25, -0.2) is 4.90 Å². The number of phenolic OH excluding ortho intramolecular Hbond substituents is 1. The number of hydrogen-bond acceptors (Lipinski definition) is 5. The maximum absolute atomic E-state index is 13.2. The second-order valence-corrected chi connectivity index (χ2v) is 7.50. The molecule has 30 heavy (non-hydrogen) atoms. The maximum Gasteiger partial charge on any atom is 0.318 e. The van der Waals surface area contributed by atoms with Crippen LogP contribution >= 0.6 is 0 Å². The third-order valence-electron chi connectivity index (χ3n) is 5.60. The zero-order valence-corrected chi connectivity index (χ0v) is 16.6. The first-order valence-electron chi connectivity index (χ1n) is 9.77. The van der Waals surface area contributed by atoms with Crippen molar-refractivity contribution in [1.29, 1.82) is 0 Å². The molecule has 3 aromatic rings. The quantitative estimate of drug-likeness (QED) is 0.360. The Bertz CT molecular complexity index is 1200. The molecule has 7 nitrogen and oxygen atoms in total. The lowest BCUT2D eigenvalue weighted by Gasteiger charge is -2.27. The second kappa shape index (κ2) is 7.26. The Balaban J connectivity index is 1.85. The van der Waals surface area contributed by atoms with Crippen LogP contribution in [-0.4, -0.2) is 21.8 Å². The minimum Gasteiger partial charge on any atom is -0.502 e. The number of carbonyl (C=O) groups excluding carboxylic acids is 2. The van der Waals surface area contributed by atoms with E-state index in [1.54, 1.807) is 12.1 Å². The van der Waals surface area contributed by atoms with Crippen LogP contribution in [0, 0.1) is 10.1 Å². The SMILES string of the molecule is CCCC(C)c1ccc(N2C(=O)c3cccc4c([N+](=O)[O-])c(O)cc(c34)C2=O)cc1. The van der Waals surface area contributed by atoms with Crippen LogP contribution in [0.3, 0.4) is 0 Å². The van der Waals surface area contributed by atoms with Crippen molar-refractivity contribution < 1.29 is 19.6 Å². The minimum atomic E-state index is -0.713. The fourth-order valence-electron chi connectivity index (χ4n) is 4.11. The molecule has 1 heterocycles. The molecule has 1 aliphatic heterocycles. The average molecular weight is 404 g/mol. The van der Waals surface area contributed by atoms with E-state index in [1.807, 2.05) is 12.1 Å². The van der Waals surface area contributed by atoms with E-state index in [1.165, 1.54) is 18.2 Å². The third-order valence-corrected chi connectivity index (χ3v) is 5.60. The highest BCUT2D eigenvalue weighted by molar-refractivity contribution is 6.36. The van der Waals surface area contributed by atoms with Crippen molar-refractivity contribution in [3.05, 3.63) is 75.3 Å². The number of imide groups is 1. The van der Waals surface area contributed by atoms with Crippen LogP contribution < -0.4 is 4.90 Å². The first-order valence-corrected chi connectivity index (χ1v) is 9.77. The van der Waals surface area contributed by atoms with Gasteiger partial charge >= 0.3 is 5.69 Å². The summed E-state index contributed by atoms with van der Waals surface area (Å²) in [6, 6.07) is 12.8. The molecule has 1 unspecified atom stereocenters. The molecule has 0 radical (unpaired) electrons. The van der Waals surface area contributed by atoms with Crippen LogP contribution in [0.15, 0.2) is 48.5 Å². The van der Waals surface area contributed by atoms with E-state index >= 15 is 0 Å². The van der Waals surface area contributed by atoms with E-state index in [0.29, 0.717) is 11.6 Å². The third kappa shape index (κ3) is 2.90. The van der Waals surface area contributed by atoms with Crippen LogP contribution in [0.5, 0.6) is 5.75 Å². The number of benzene rings is 3. The molecule has 0 aliphatic carbocycles. The summed E-state index contributed by atoms with van der Waals surface area (Å²) in [5.41, 5.74) is 1.27. The Morgan fingerprint density at radius 2 is 1.73 bits per heavy atom. The van der Waals surface area contributed by atoms with Gasteiger partial charge in [0.25, 0.3) is 11.8 Å². The van der Waals surface area contributed by atoms with Gasteiger partial charge < -0.3 is 5.11 Å². The predicted molar refractivity (Wildman–Crippen MR) is 113 cm³/mol.